The van der Waals surface area contributed by atoms with Crippen LogP contribution >= 0.6 is 0 Å². The zero-order valence-corrected chi connectivity index (χ0v) is 18.8. The third-order valence-electron chi connectivity index (χ3n) is 6.20. The molecule has 1 aliphatic heterocycles. The molecule has 0 radical (unpaired) electrons. The van der Waals surface area contributed by atoms with Gasteiger partial charge >= 0.3 is 12.0 Å². The lowest BCUT2D eigenvalue weighted by atomic mass is 9.90. The first-order valence-corrected chi connectivity index (χ1v) is 10.8. The molecular formula is C24H29N3O5. The van der Waals surface area contributed by atoms with Gasteiger partial charge in [-0.25, -0.2) is 9.59 Å². The third kappa shape index (κ3) is 4.30. The van der Waals surface area contributed by atoms with Crippen LogP contribution in [0.15, 0.2) is 42.5 Å². The lowest BCUT2D eigenvalue weighted by Crippen LogP contribution is -2.50. The van der Waals surface area contributed by atoms with Crippen molar-refractivity contribution in [1.82, 2.24) is 15.5 Å². The normalized spacial score (nSPS) is 19.2. The summed E-state index contributed by atoms with van der Waals surface area (Å²) in [4.78, 5) is 51.6. The Balaban J connectivity index is 1.79. The highest BCUT2D eigenvalue weighted by Gasteiger charge is 2.49. The first kappa shape index (κ1) is 23.2. The Bertz CT molecular complexity index is 1050. The molecular weight excluding hydrogens is 410 g/mol. The lowest BCUT2D eigenvalue weighted by molar-refractivity contribution is -0.147. The summed E-state index contributed by atoms with van der Waals surface area (Å²) in [5.41, 5.74) is -0.666. The zero-order chi connectivity index (χ0) is 23.5. The van der Waals surface area contributed by atoms with Crippen molar-refractivity contribution in [2.45, 2.75) is 45.2 Å². The number of rotatable bonds is 8. The number of esters is 1. The molecule has 0 aliphatic carbocycles. The highest BCUT2D eigenvalue weighted by Crippen LogP contribution is 2.31. The van der Waals surface area contributed by atoms with Gasteiger partial charge in [-0.15, -0.1) is 0 Å². The fraction of sp³-hybridized carbons (Fsp3) is 0.417. The van der Waals surface area contributed by atoms with E-state index < -0.39 is 41.9 Å². The fourth-order valence-electron chi connectivity index (χ4n) is 4.16. The number of carbonyl (C=O) groups is 4. The van der Waals surface area contributed by atoms with Crippen LogP contribution in [0.25, 0.3) is 10.8 Å². The topological polar surface area (TPSA) is 105 Å². The van der Waals surface area contributed by atoms with E-state index in [4.69, 9.17) is 4.74 Å². The van der Waals surface area contributed by atoms with E-state index in [0.717, 1.165) is 15.7 Å². The van der Waals surface area contributed by atoms with Crippen molar-refractivity contribution in [3.05, 3.63) is 48.0 Å². The number of hydrogen-bond acceptors (Lipinski definition) is 5. The quantitative estimate of drug-likeness (QED) is 0.486. The average Bonchev–Trinajstić information content (AvgIpc) is 3.02. The summed E-state index contributed by atoms with van der Waals surface area (Å²) in [6.07, 6.45) is 1.33. The summed E-state index contributed by atoms with van der Waals surface area (Å²) in [5.74, 6) is -1.79. The summed E-state index contributed by atoms with van der Waals surface area (Å²) in [6.45, 7) is 4.98. The number of fused-ring (bicyclic) bond motifs is 1. The second kappa shape index (κ2) is 9.38. The molecule has 8 heteroatoms. The average molecular weight is 440 g/mol. The number of methoxy groups -OCH3 is 1. The minimum atomic E-state index is -1.29. The van der Waals surface area contributed by atoms with E-state index in [2.05, 4.69) is 10.6 Å². The van der Waals surface area contributed by atoms with Crippen LogP contribution in [0.1, 0.15) is 39.2 Å². The molecule has 2 atom stereocenters. The Labute approximate surface area is 187 Å². The van der Waals surface area contributed by atoms with Gasteiger partial charge in [0.05, 0.1) is 7.11 Å². The van der Waals surface area contributed by atoms with Gasteiger partial charge < -0.3 is 15.4 Å². The number of nitrogens with one attached hydrogen (secondary N) is 2. The third-order valence-corrected chi connectivity index (χ3v) is 6.20. The molecule has 8 nitrogen and oxygen atoms in total. The fourth-order valence-corrected chi connectivity index (χ4v) is 4.16. The van der Waals surface area contributed by atoms with Crippen LogP contribution in [-0.2, 0) is 24.7 Å². The largest absolute Gasteiger partial charge is 0.467 e. The Hall–Kier alpha value is -3.42. The molecule has 2 N–H and O–H groups in total. The van der Waals surface area contributed by atoms with Crippen LogP contribution in [0.4, 0.5) is 4.79 Å². The maximum atomic E-state index is 13.2. The minimum absolute atomic E-state index is 0.114. The summed E-state index contributed by atoms with van der Waals surface area (Å²) < 4.78 is 4.82. The first-order valence-electron chi connectivity index (χ1n) is 10.8. The number of benzene rings is 2. The number of urea groups is 1. The van der Waals surface area contributed by atoms with Crippen LogP contribution in [0.3, 0.4) is 0 Å². The molecule has 2 aromatic carbocycles. The second-order valence-corrected chi connectivity index (χ2v) is 8.15. The summed E-state index contributed by atoms with van der Waals surface area (Å²) in [6, 6.07) is 11.8. The molecule has 0 saturated carbocycles. The van der Waals surface area contributed by atoms with Crippen molar-refractivity contribution in [3.63, 3.8) is 0 Å². The van der Waals surface area contributed by atoms with Crippen molar-refractivity contribution in [2.75, 3.05) is 13.7 Å². The molecule has 0 unspecified atom stereocenters. The monoisotopic (exact) mass is 439 g/mol. The van der Waals surface area contributed by atoms with Crippen molar-refractivity contribution in [1.29, 1.82) is 0 Å². The summed E-state index contributed by atoms with van der Waals surface area (Å²) >= 11 is 0. The van der Waals surface area contributed by atoms with Gasteiger partial charge in [0.25, 0.3) is 5.91 Å². The van der Waals surface area contributed by atoms with Gasteiger partial charge in [0.15, 0.2) is 0 Å². The molecule has 170 valence electrons. The van der Waals surface area contributed by atoms with E-state index in [1.165, 1.54) is 7.11 Å². The van der Waals surface area contributed by atoms with Gasteiger partial charge in [-0.3, -0.25) is 14.5 Å². The smallest absolute Gasteiger partial charge is 0.328 e. The number of hydrogen-bond donors (Lipinski definition) is 2. The molecule has 4 amide bonds. The standard InChI is InChI=1S/C24H29N3O5/c1-5-15(6-2)20(21(29)32-4)25-19(28)14-27-22(30)24(3,26-23(27)31)18-12-11-16-9-7-8-10-17(16)13-18/h7-13,15,20H,5-6,14H2,1-4H3,(H,25,28)(H,26,31)/t20-,24-/m0/s1. The van der Waals surface area contributed by atoms with Gasteiger partial charge in [-0.1, -0.05) is 63.1 Å². The molecule has 1 aliphatic rings. The molecule has 0 spiro atoms. The van der Waals surface area contributed by atoms with Crippen molar-refractivity contribution < 1.29 is 23.9 Å². The molecule has 0 aromatic heterocycles. The van der Waals surface area contributed by atoms with Crippen molar-refractivity contribution in [2.24, 2.45) is 5.92 Å². The number of amides is 4. The van der Waals surface area contributed by atoms with Gasteiger partial charge in [-0.05, 0) is 35.2 Å². The van der Waals surface area contributed by atoms with E-state index in [1.54, 1.807) is 13.0 Å². The maximum absolute atomic E-state index is 13.2. The Morgan fingerprint density at radius 2 is 1.75 bits per heavy atom. The minimum Gasteiger partial charge on any atom is -0.467 e. The molecule has 3 rings (SSSR count). The zero-order valence-electron chi connectivity index (χ0n) is 18.8. The Morgan fingerprint density at radius 1 is 1.09 bits per heavy atom. The number of ether oxygens (including phenoxy) is 1. The maximum Gasteiger partial charge on any atom is 0.328 e. The van der Waals surface area contributed by atoms with Crippen LogP contribution in [-0.4, -0.2) is 48.4 Å². The van der Waals surface area contributed by atoms with E-state index >= 15 is 0 Å². The predicted molar refractivity (Wildman–Crippen MR) is 120 cm³/mol. The van der Waals surface area contributed by atoms with E-state index in [9.17, 15) is 19.2 Å². The highest BCUT2D eigenvalue weighted by molar-refractivity contribution is 6.09. The SMILES string of the molecule is CCC(CC)[C@H](NC(=O)CN1C(=O)N[C@@](C)(c2ccc3ccccc3c2)C1=O)C(=O)OC. The molecule has 1 saturated heterocycles. The molecule has 2 aromatic rings. The van der Waals surface area contributed by atoms with Crippen LogP contribution < -0.4 is 10.6 Å². The predicted octanol–water partition coefficient (Wildman–Crippen LogP) is 2.70. The highest BCUT2D eigenvalue weighted by atomic mass is 16.5. The van der Waals surface area contributed by atoms with Crippen molar-refractivity contribution >= 4 is 34.6 Å². The molecule has 32 heavy (non-hydrogen) atoms. The van der Waals surface area contributed by atoms with Gasteiger partial charge in [0.1, 0.15) is 18.1 Å². The Kier molecular flexibility index (Phi) is 6.81. The number of carbonyl (C=O) groups excluding carboxylic acids is 4. The van der Waals surface area contributed by atoms with Gasteiger partial charge in [0, 0.05) is 0 Å². The van der Waals surface area contributed by atoms with Gasteiger partial charge in [0.2, 0.25) is 5.91 Å². The van der Waals surface area contributed by atoms with Crippen molar-refractivity contribution in [3.8, 4) is 0 Å². The van der Waals surface area contributed by atoms with Crippen LogP contribution in [0.2, 0.25) is 0 Å². The van der Waals surface area contributed by atoms with Crippen LogP contribution in [0, 0.1) is 5.92 Å². The second-order valence-electron chi connectivity index (χ2n) is 8.15. The molecule has 0 bridgehead atoms. The van der Waals surface area contributed by atoms with Gasteiger partial charge in [-0.2, -0.15) is 0 Å². The van der Waals surface area contributed by atoms with E-state index in [-0.39, 0.29) is 5.92 Å². The number of nitrogens with zero attached hydrogens (tertiary/aromatic N) is 1. The molecule has 1 fully saturated rings. The Morgan fingerprint density at radius 3 is 2.38 bits per heavy atom. The lowest BCUT2D eigenvalue weighted by Gasteiger charge is -2.25. The summed E-state index contributed by atoms with van der Waals surface area (Å²) in [5, 5.41) is 7.31. The van der Waals surface area contributed by atoms with E-state index in [1.807, 2.05) is 50.2 Å². The summed E-state index contributed by atoms with van der Waals surface area (Å²) in [7, 11) is 1.26. The van der Waals surface area contributed by atoms with Crippen LogP contribution in [0.5, 0.6) is 0 Å². The number of imide groups is 1. The first-order chi connectivity index (χ1) is 15.2. The molecule has 1 heterocycles. The van der Waals surface area contributed by atoms with E-state index in [0.29, 0.717) is 18.4 Å².